The number of hydrogen-bond acceptors (Lipinski definition) is 3. The highest BCUT2D eigenvalue weighted by Gasteiger charge is 2.09. The van der Waals surface area contributed by atoms with Crippen LogP contribution < -0.4 is 11.1 Å². The van der Waals surface area contributed by atoms with E-state index in [2.05, 4.69) is 17.3 Å². The molecule has 0 radical (unpaired) electrons. The number of rotatable bonds is 6. The smallest absolute Gasteiger partial charge is 0.221 e. The predicted molar refractivity (Wildman–Crippen MR) is 62.7 cm³/mol. The van der Waals surface area contributed by atoms with Gasteiger partial charge in [-0.05, 0) is 6.42 Å². The minimum Gasteiger partial charge on any atom is -0.369 e. The molecule has 0 aliphatic carbocycles. The van der Waals surface area contributed by atoms with Crippen molar-refractivity contribution in [3.63, 3.8) is 0 Å². The molecule has 1 unspecified atom stereocenters. The Morgan fingerprint density at radius 3 is 2.94 bits per heavy atom. The highest BCUT2D eigenvalue weighted by molar-refractivity contribution is 5.76. The van der Waals surface area contributed by atoms with Crippen LogP contribution in [0.1, 0.15) is 25.1 Å². The third kappa shape index (κ3) is 3.34. The van der Waals surface area contributed by atoms with Crippen LogP contribution in [0.2, 0.25) is 0 Å². The average Bonchev–Trinajstić information content (AvgIpc) is 2.58. The molecule has 5 heteroatoms. The van der Waals surface area contributed by atoms with Crippen molar-refractivity contribution in [3.8, 4) is 0 Å². The van der Waals surface area contributed by atoms with Crippen LogP contribution in [0, 0.1) is 5.92 Å². The molecule has 0 aliphatic rings. The van der Waals surface area contributed by atoms with Gasteiger partial charge in [-0.1, -0.05) is 13.8 Å². The lowest BCUT2D eigenvalue weighted by Gasteiger charge is -2.08. The molecule has 1 amide bonds. The molecule has 5 nitrogen and oxygen atoms in total. The molecule has 0 aromatic carbocycles. The molecule has 0 fully saturated rings. The van der Waals surface area contributed by atoms with Gasteiger partial charge >= 0.3 is 0 Å². The Morgan fingerprint density at radius 2 is 2.38 bits per heavy atom. The number of aromatic nitrogens is 2. The van der Waals surface area contributed by atoms with Crippen molar-refractivity contribution >= 4 is 5.91 Å². The summed E-state index contributed by atoms with van der Waals surface area (Å²) in [5.41, 5.74) is 7.46. The van der Waals surface area contributed by atoms with E-state index < -0.39 is 0 Å². The minimum atomic E-state index is -0.269. The summed E-state index contributed by atoms with van der Waals surface area (Å²) < 4.78 is 1.81. The Hall–Kier alpha value is -1.36. The van der Waals surface area contributed by atoms with Gasteiger partial charge in [-0.2, -0.15) is 5.10 Å². The number of nitrogens with one attached hydrogen (secondary N) is 1. The molecule has 1 atom stereocenters. The fourth-order valence-electron chi connectivity index (χ4n) is 1.55. The van der Waals surface area contributed by atoms with Crippen molar-refractivity contribution in [2.45, 2.75) is 26.8 Å². The molecule has 0 saturated heterocycles. The number of nitrogens with two attached hydrogens (primary N) is 1. The lowest BCUT2D eigenvalue weighted by molar-refractivity contribution is -0.121. The molecule has 0 spiro atoms. The van der Waals surface area contributed by atoms with Gasteiger partial charge in [-0.3, -0.25) is 9.48 Å². The summed E-state index contributed by atoms with van der Waals surface area (Å²) in [6, 6.07) is 0. The number of nitrogens with zero attached hydrogens (tertiary/aromatic N) is 2. The van der Waals surface area contributed by atoms with Crippen LogP contribution in [0.15, 0.2) is 6.20 Å². The first-order chi connectivity index (χ1) is 7.54. The lowest BCUT2D eigenvalue weighted by atomic mass is 10.1. The molecule has 0 aliphatic heterocycles. The van der Waals surface area contributed by atoms with Crippen LogP contribution in [-0.2, 0) is 24.8 Å². The first kappa shape index (κ1) is 12.7. The summed E-state index contributed by atoms with van der Waals surface area (Å²) >= 11 is 0. The van der Waals surface area contributed by atoms with Gasteiger partial charge in [0.1, 0.15) is 0 Å². The zero-order valence-electron chi connectivity index (χ0n) is 10.2. The van der Waals surface area contributed by atoms with E-state index in [0.29, 0.717) is 6.54 Å². The molecule has 1 heterocycles. The zero-order valence-corrected chi connectivity index (χ0v) is 10.2. The Balaban J connectivity index is 2.45. The summed E-state index contributed by atoms with van der Waals surface area (Å²) in [6.45, 7) is 5.24. The molecule has 3 N–H and O–H groups in total. The Labute approximate surface area is 96.0 Å². The zero-order chi connectivity index (χ0) is 12.1. The monoisotopic (exact) mass is 224 g/mol. The molecular weight excluding hydrogens is 204 g/mol. The molecule has 90 valence electrons. The maximum atomic E-state index is 10.8. The number of carbonyl (C=O) groups is 1. The minimum absolute atomic E-state index is 0.137. The predicted octanol–water partition coefficient (Wildman–Crippen LogP) is 0.194. The van der Waals surface area contributed by atoms with E-state index in [-0.39, 0.29) is 11.8 Å². The van der Waals surface area contributed by atoms with E-state index in [4.69, 9.17) is 5.73 Å². The Kier molecular flexibility index (Phi) is 4.49. The van der Waals surface area contributed by atoms with E-state index in [1.807, 2.05) is 24.9 Å². The first-order valence-corrected chi connectivity index (χ1v) is 5.56. The molecule has 0 bridgehead atoms. The molecular formula is C11H20N4O. The Morgan fingerprint density at radius 1 is 1.69 bits per heavy atom. The summed E-state index contributed by atoms with van der Waals surface area (Å²) in [5.74, 6) is -0.406. The fraction of sp³-hybridized carbons (Fsp3) is 0.636. The van der Waals surface area contributed by atoms with Crippen molar-refractivity contribution in [2.24, 2.45) is 18.7 Å². The van der Waals surface area contributed by atoms with Crippen molar-refractivity contribution < 1.29 is 4.79 Å². The van der Waals surface area contributed by atoms with Gasteiger partial charge in [-0.15, -0.1) is 0 Å². The van der Waals surface area contributed by atoms with Gasteiger partial charge in [0.15, 0.2) is 0 Å². The maximum absolute atomic E-state index is 10.8. The first-order valence-electron chi connectivity index (χ1n) is 5.56. The van der Waals surface area contributed by atoms with Gasteiger partial charge in [0.2, 0.25) is 5.91 Å². The van der Waals surface area contributed by atoms with Gasteiger partial charge < -0.3 is 11.1 Å². The largest absolute Gasteiger partial charge is 0.369 e. The summed E-state index contributed by atoms with van der Waals surface area (Å²) in [4.78, 5) is 10.8. The van der Waals surface area contributed by atoms with Crippen LogP contribution in [0.5, 0.6) is 0 Å². The third-order valence-electron chi connectivity index (χ3n) is 2.58. The van der Waals surface area contributed by atoms with Gasteiger partial charge in [0.05, 0.1) is 5.69 Å². The van der Waals surface area contributed by atoms with Crippen LogP contribution >= 0.6 is 0 Å². The number of amides is 1. The van der Waals surface area contributed by atoms with Crippen LogP contribution in [0.3, 0.4) is 0 Å². The fourth-order valence-corrected chi connectivity index (χ4v) is 1.55. The number of primary amides is 1. The van der Waals surface area contributed by atoms with Crippen LogP contribution in [0.4, 0.5) is 0 Å². The lowest BCUT2D eigenvalue weighted by Crippen LogP contribution is -2.30. The number of carbonyl (C=O) groups excluding carboxylic acids is 1. The SMILES string of the molecule is CCc1nn(C)cc1CNCC(C)C(N)=O. The quantitative estimate of drug-likeness (QED) is 0.724. The van der Waals surface area contributed by atoms with Crippen LogP contribution in [-0.4, -0.2) is 22.2 Å². The topological polar surface area (TPSA) is 72.9 Å². The number of hydrogen-bond donors (Lipinski definition) is 2. The van der Waals surface area contributed by atoms with Crippen molar-refractivity contribution in [2.75, 3.05) is 6.54 Å². The summed E-state index contributed by atoms with van der Waals surface area (Å²) in [6.07, 6.45) is 2.92. The van der Waals surface area contributed by atoms with Gasteiger partial charge in [0, 0.05) is 37.8 Å². The van der Waals surface area contributed by atoms with E-state index in [9.17, 15) is 4.79 Å². The second-order valence-electron chi connectivity index (χ2n) is 4.06. The second-order valence-corrected chi connectivity index (χ2v) is 4.06. The van der Waals surface area contributed by atoms with E-state index in [1.54, 1.807) is 0 Å². The summed E-state index contributed by atoms with van der Waals surface area (Å²) in [5, 5.41) is 7.56. The summed E-state index contributed by atoms with van der Waals surface area (Å²) in [7, 11) is 1.91. The molecule has 16 heavy (non-hydrogen) atoms. The molecule has 1 aromatic rings. The maximum Gasteiger partial charge on any atom is 0.221 e. The molecule has 1 rings (SSSR count). The van der Waals surface area contributed by atoms with E-state index in [0.717, 1.165) is 18.7 Å². The number of aryl methyl sites for hydroxylation is 2. The van der Waals surface area contributed by atoms with Crippen molar-refractivity contribution in [1.82, 2.24) is 15.1 Å². The van der Waals surface area contributed by atoms with Gasteiger partial charge in [0.25, 0.3) is 0 Å². The second kappa shape index (κ2) is 5.65. The van der Waals surface area contributed by atoms with E-state index in [1.165, 1.54) is 5.56 Å². The average molecular weight is 224 g/mol. The Bertz CT molecular complexity index is 359. The van der Waals surface area contributed by atoms with Crippen molar-refractivity contribution in [1.29, 1.82) is 0 Å². The molecule has 1 aromatic heterocycles. The third-order valence-corrected chi connectivity index (χ3v) is 2.58. The highest BCUT2D eigenvalue weighted by atomic mass is 16.1. The van der Waals surface area contributed by atoms with Crippen LogP contribution in [0.25, 0.3) is 0 Å². The van der Waals surface area contributed by atoms with Crippen molar-refractivity contribution in [3.05, 3.63) is 17.5 Å². The standard InChI is InChI=1S/C11H20N4O/c1-4-10-9(7-15(3)14-10)6-13-5-8(2)11(12)16/h7-8,13H,4-6H2,1-3H3,(H2,12,16). The van der Waals surface area contributed by atoms with Gasteiger partial charge in [-0.25, -0.2) is 0 Å². The normalized spacial score (nSPS) is 12.7. The molecule has 0 saturated carbocycles. The van der Waals surface area contributed by atoms with E-state index >= 15 is 0 Å². The highest BCUT2D eigenvalue weighted by Crippen LogP contribution is 2.06.